The Kier molecular flexibility index (Phi) is 6.36. The minimum absolute atomic E-state index is 0.0737. The fourth-order valence-electron chi connectivity index (χ4n) is 2.35. The zero-order valence-corrected chi connectivity index (χ0v) is 13.8. The largest absolute Gasteiger partial charge is 0.482 e. The summed E-state index contributed by atoms with van der Waals surface area (Å²) < 4.78 is 5.25. The van der Waals surface area contributed by atoms with Gasteiger partial charge >= 0.3 is 0 Å². The molecule has 24 heavy (non-hydrogen) atoms. The number of carbonyl (C=O) groups excluding carboxylic acids is 2. The monoisotopic (exact) mass is 355 g/mol. The summed E-state index contributed by atoms with van der Waals surface area (Å²) in [5, 5.41) is 13.4. The van der Waals surface area contributed by atoms with Crippen LogP contribution in [0.5, 0.6) is 5.75 Å². The highest BCUT2D eigenvalue weighted by atomic mass is 35.5. The first-order valence-electron chi connectivity index (χ1n) is 7.58. The van der Waals surface area contributed by atoms with Crippen molar-refractivity contribution in [1.29, 1.82) is 0 Å². The molecule has 1 fully saturated rings. The highest BCUT2D eigenvalue weighted by molar-refractivity contribution is 6.32. The molecule has 0 bridgehead atoms. The lowest BCUT2D eigenvalue weighted by Gasteiger charge is -2.15. The number of hydrogen-bond acceptors (Lipinski definition) is 5. The second-order valence-electron chi connectivity index (χ2n) is 5.35. The topological polar surface area (TPSA) is 102 Å². The summed E-state index contributed by atoms with van der Waals surface area (Å²) in [6.07, 6.45) is 2.18. The zero-order valence-electron chi connectivity index (χ0n) is 13.0. The van der Waals surface area contributed by atoms with Crippen molar-refractivity contribution in [2.45, 2.75) is 19.3 Å². The summed E-state index contributed by atoms with van der Waals surface area (Å²) in [5.41, 5.74) is -0.145. The number of nitrogens with zero attached hydrogens (tertiary/aromatic N) is 2. The molecule has 8 nitrogen and oxygen atoms in total. The average Bonchev–Trinajstić information content (AvgIpc) is 2.95. The molecule has 0 aliphatic carbocycles. The minimum Gasteiger partial charge on any atom is -0.482 e. The Balaban J connectivity index is 1.67. The van der Waals surface area contributed by atoms with Crippen LogP contribution in [0.2, 0.25) is 5.02 Å². The highest BCUT2D eigenvalue weighted by Gasteiger charge is 2.19. The van der Waals surface area contributed by atoms with Crippen LogP contribution < -0.4 is 10.1 Å². The standard InChI is InChI=1S/C15H18ClN3O5/c16-12-9-11(19(22)23)4-5-13(12)24-10-14(20)17-6-2-8-18-7-1-3-15(18)21/h4-5,9H,1-3,6-8,10H2,(H,17,20). The fourth-order valence-corrected chi connectivity index (χ4v) is 2.58. The minimum atomic E-state index is -0.562. The van der Waals surface area contributed by atoms with Crippen molar-refractivity contribution >= 4 is 29.1 Å². The smallest absolute Gasteiger partial charge is 0.271 e. The van der Waals surface area contributed by atoms with Gasteiger partial charge in [-0.25, -0.2) is 0 Å². The van der Waals surface area contributed by atoms with Gasteiger partial charge in [0.05, 0.1) is 9.95 Å². The molecule has 0 aromatic heterocycles. The maximum absolute atomic E-state index is 11.7. The summed E-state index contributed by atoms with van der Waals surface area (Å²) >= 11 is 5.87. The van der Waals surface area contributed by atoms with E-state index in [0.717, 1.165) is 13.0 Å². The second kappa shape index (κ2) is 8.49. The Morgan fingerprint density at radius 1 is 1.46 bits per heavy atom. The Hall–Kier alpha value is -2.35. The molecule has 0 atom stereocenters. The number of non-ortho nitro benzene ring substituents is 1. The molecule has 1 aromatic carbocycles. The van der Waals surface area contributed by atoms with Crippen LogP contribution in [0.25, 0.3) is 0 Å². The lowest BCUT2D eigenvalue weighted by Crippen LogP contribution is -2.33. The van der Waals surface area contributed by atoms with Crippen LogP contribution in [-0.4, -0.2) is 47.9 Å². The Morgan fingerprint density at radius 3 is 2.88 bits per heavy atom. The number of benzene rings is 1. The van der Waals surface area contributed by atoms with E-state index in [1.165, 1.54) is 18.2 Å². The molecule has 130 valence electrons. The first-order valence-corrected chi connectivity index (χ1v) is 7.96. The van der Waals surface area contributed by atoms with E-state index in [2.05, 4.69) is 5.32 Å². The molecular weight excluding hydrogens is 338 g/mol. The van der Waals surface area contributed by atoms with Crippen molar-refractivity contribution in [1.82, 2.24) is 10.2 Å². The van der Waals surface area contributed by atoms with E-state index in [-0.39, 0.29) is 34.9 Å². The Bertz CT molecular complexity index is 638. The number of nitro benzene ring substituents is 1. The van der Waals surface area contributed by atoms with E-state index in [9.17, 15) is 19.7 Å². The SMILES string of the molecule is O=C(COc1ccc([N+](=O)[O-])cc1Cl)NCCCN1CCCC1=O. The summed E-state index contributed by atoms with van der Waals surface area (Å²) in [7, 11) is 0. The molecule has 1 aliphatic heterocycles. The molecule has 2 amide bonds. The predicted octanol–water partition coefficient (Wildman–Crippen LogP) is 1.76. The molecule has 0 saturated carbocycles. The number of halogens is 1. The summed E-state index contributed by atoms with van der Waals surface area (Å²) in [4.78, 5) is 35.0. The number of nitrogens with one attached hydrogen (secondary N) is 1. The van der Waals surface area contributed by atoms with Gasteiger partial charge in [0, 0.05) is 38.2 Å². The van der Waals surface area contributed by atoms with Crippen LogP contribution >= 0.6 is 11.6 Å². The van der Waals surface area contributed by atoms with Crippen LogP contribution in [0.1, 0.15) is 19.3 Å². The third kappa shape index (κ3) is 5.09. The molecule has 1 N–H and O–H groups in total. The van der Waals surface area contributed by atoms with Gasteiger partial charge in [-0.05, 0) is 18.9 Å². The number of likely N-dealkylation sites (tertiary alicyclic amines) is 1. The normalized spacial score (nSPS) is 13.9. The lowest BCUT2D eigenvalue weighted by molar-refractivity contribution is -0.384. The van der Waals surface area contributed by atoms with Gasteiger partial charge in [0.1, 0.15) is 5.75 Å². The van der Waals surface area contributed by atoms with Gasteiger partial charge in [-0.15, -0.1) is 0 Å². The number of amides is 2. The quantitative estimate of drug-likeness (QED) is 0.435. The van der Waals surface area contributed by atoms with E-state index in [4.69, 9.17) is 16.3 Å². The van der Waals surface area contributed by atoms with E-state index in [0.29, 0.717) is 25.9 Å². The Morgan fingerprint density at radius 2 is 2.25 bits per heavy atom. The van der Waals surface area contributed by atoms with Crippen molar-refractivity contribution in [3.63, 3.8) is 0 Å². The summed E-state index contributed by atoms with van der Waals surface area (Å²) in [6, 6.07) is 3.78. The molecule has 1 aromatic rings. The first-order chi connectivity index (χ1) is 11.5. The number of nitro groups is 1. The molecular formula is C15H18ClN3O5. The summed E-state index contributed by atoms with van der Waals surface area (Å²) in [6.45, 7) is 1.63. The molecule has 9 heteroatoms. The molecule has 0 spiro atoms. The second-order valence-corrected chi connectivity index (χ2v) is 5.76. The summed E-state index contributed by atoms with van der Waals surface area (Å²) in [5.74, 6) is 0.0507. The molecule has 0 radical (unpaired) electrons. The number of ether oxygens (including phenoxy) is 1. The van der Waals surface area contributed by atoms with Crippen LogP contribution in [0.15, 0.2) is 18.2 Å². The van der Waals surface area contributed by atoms with Crippen molar-refractivity contribution in [3.05, 3.63) is 33.3 Å². The van der Waals surface area contributed by atoms with Gasteiger partial charge in [0.2, 0.25) is 5.91 Å². The lowest BCUT2D eigenvalue weighted by atomic mass is 10.3. The molecule has 0 unspecified atom stereocenters. The van der Waals surface area contributed by atoms with Gasteiger partial charge < -0.3 is 15.0 Å². The third-order valence-electron chi connectivity index (χ3n) is 3.58. The van der Waals surface area contributed by atoms with Crippen molar-refractivity contribution in [3.8, 4) is 5.75 Å². The van der Waals surface area contributed by atoms with Crippen molar-refractivity contribution in [2.75, 3.05) is 26.2 Å². The van der Waals surface area contributed by atoms with Gasteiger partial charge in [-0.1, -0.05) is 11.6 Å². The van der Waals surface area contributed by atoms with Crippen LogP contribution in [-0.2, 0) is 9.59 Å². The molecule has 1 aliphatic rings. The molecule has 2 rings (SSSR count). The van der Waals surface area contributed by atoms with Crippen molar-refractivity contribution < 1.29 is 19.2 Å². The van der Waals surface area contributed by atoms with Crippen LogP contribution in [0, 0.1) is 10.1 Å². The van der Waals surface area contributed by atoms with E-state index in [1.54, 1.807) is 4.90 Å². The predicted molar refractivity (Wildman–Crippen MR) is 87.0 cm³/mol. The van der Waals surface area contributed by atoms with Crippen LogP contribution in [0.3, 0.4) is 0 Å². The molecule has 1 heterocycles. The number of rotatable bonds is 8. The van der Waals surface area contributed by atoms with E-state index in [1.807, 2.05) is 0 Å². The van der Waals surface area contributed by atoms with E-state index < -0.39 is 4.92 Å². The van der Waals surface area contributed by atoms with Gasteiger partial charge in [0.25, 0.3) is 11.6 Å². The number of hydrogen-bond donors (Lipinski definition) is 1. The van der Waals surface area contributed by atoms with Gasteiger partial charge in [-0.3, -0.25) is 19.7 Å². The van der Waals surface area contributed by atoms with Crippen LogP contribution in [0.4, 0.5) is 5.69 Å². The number of carbonyl (C=O) groups is 2. The average molecular weight is 356 g/mol. The first kappa shape index (κ1) is 18.0. The maximum atomic E-state index is 11.7. The molecule has 1 saturated heterocycles. The maximum Gasteiger partial charge on any atom is 0.271 e. The van der Waals surface area contributed by atoms with Gasteiger partial charge in [-0.2, -0.15) is 0 Å². The third-order valence-corrected chi connectivity index (χ3v) is 3.88. The zero-order chi connectivity index (χ0) is 17.5. The van der Waals surface area contributed by atoms with Crippen molar-refractivity contribution in [2.24, 2.45) is 0 Å². The fraction of sp³-hybridized carbons (Fsp3) is 0.467. The highest BCUT2D eigenvalue weighted by Crippen LogP contribution is 2.28. The van der Waals surface area contributed by atoms with E-state index >= 15 is 0 Å². The Labute approximate surface area is 143 Å². The van der Waals surface area contributed by atoms with Gasteiger partial charge in [0.15, 0.2) is 6.61 Å².